The molecule has 2 N–H and O–H groups in total. The Balaban J connectivity index is 1.69. The van der Waals surface area contributed by atoms with Gasteiger partial charge in [0.15, 0.2) is 0 Å². The van der Waals surface area contributed by atoms with Crippen molar-refractivity contribution in [3.63, 3.8) is 0 Å². The third kappa shape index (κ3) is 2.62. The summed E-state index contributed by atoms with van der Waals surface area (Å²) in [5.41, 5.74) is 1.91. The van der Waals surface area contributed by atoms with Gasteiger partial charge in [0.25, 0.3) is 0 Å². The van der Waals surface area contributed by atoms with E-state index < -0.39 is 17.8 Å². The first-order valence-corrected chi connectivity index (χ1v) is 8.99. The number of nitrogens with one attached hydrogen (secondary N) is 1. The average molecular weight is 384 g/mol. The molecule has 2 aromatic carbocycles. The molecule has 0 unspecified atom stereocenters. The van der Waals surface area contributed by atoms with E-state index >= 15 is 0 Å². The molecule has 0 saturated heterocycles. The van der Waals surface area contributed by atoms with E-state index in [1.165, 1.54) is 12.1 Å². The topological polar surface area (TPSA) is 68.9 Å². The van der Waals surface area contributed by atoms with Gasteiger partial charge >= 0.3 is 0 Å². The van der Waals surface area contributed by atoms with Gasteiger partial charge in [0, 0.05) is 18.2 Å². The summed E-state index contributed by atoms with van der Waals surface area (Å²) in [7, 11) is 0. The van der Waals surface area contributed by atoms with Crippen molar-refractivity contribution < 1.29 is 13.9 Å². The molecule has 0 radical (unpaired) electrons. The van der Waals surface area contributed by atoms with E-state index in [1.54, 1.807) is 0 Å². The lowest BCUT2D eigenvalue weighted by Crippen LogP contribution is -2.57. The van der Waals surface area contributed by atoms with E-state index in [4.69, 9.17) is 4.98 Å². The van der Waals surface area contributed by atoms with Crippen LogP contribution >= 0.6 is 0 Å². The van der Waals surface area contributed by atoms with E-state index in [0.717, 1.165) is 17.1 Å². The molecule has 2 aliphatic rings. The zero-order valence-electron chi connectivity index (χ0n) is 14.9. The fourth-order valence-electron chi connectivity index (χ4n) is 3.73. The van der Waals surface area contributed by atoms with Crippen molar-refractivity contribution in [3.8, 4) is 0 Å². The number of benzene rings is 2. The van der Waals surface area contributed by atoms with Crippen LogP contribution in [0.1, 0.15) is 11.7 Å². The number of fused-ring (bicyclic) bond motifs is 5. The number of imidazole rings is 1. The maximum absolute atomic E-state index is 14.6. The summed E-state index contributed by atoms with van der Waals surface area (Å²) >= 11 is 0. The molecule has 0 bridgehead atoms. The molecule has 9 heteroatoms. The number of aromatic nitrogens is 2. The van der Waals surface area contributed by atoms with Crippen LogP contribution in [0.4, 0.5) is 14.7 Å². The SMILES string of the molecule is OCCN1CN=C2N[C@@H](c3ccc(F)cc3F)n3c(nc4ccccc43)N2C1. The number of β-amino-alcohol motifs (C(OH)–C–C–N with tert-alkyl or cyclic N) is 1. The number of aliphatic hydroxyl groups excluding tert-OH is 1. The average Bonchev–Trinajstić information content (AvgIpc) is 3.08. The number of halogens is 2. The molecule has 0 fully saturated rings. The maximum Gasteiger partial charge on any atom is 0.216 e. The van der Waals surface area contributed by atoms with Gasteiger partial charge in [0.1, 0.15) is 17.8 Å². The minimum atomic E-state index is -0.631. The number of aliphatic hydroxyl groups is 1. The molecule has 0 saturated carbocycles. The van der Waals surface area contributed by atoms with Crippen molar-refractivity contribution in [2.24, 2.45) is 4.99 Å². The lowest BCUT2D eigenvalue weighted by atomic mass is 10.1. The largest absolute Gasteiger partial charge is 0.395 e. The van der Waals surface area contributed by atoms with Crippen molar-refractivity contribution in [1.82, 2.24) is 19.8 Å². The summed E-state index contributed by atoms with van der Waals surface area (Å²) in [6.45, 7) is 1.43. The van der Waals surface area contributed by atoms with E-state index in [0.29, 0.717) is 37.4 Å². The van der Waals surface area contributed by atoms with Crippen LogP contribution in [0.2, 0.25) is 0 Å². The molecule has 0 amide bonds. The number of rotatable bonds is 3. The Bertz CT molecular complexity index is 1080. The lowest BCUT2D eigenvalue weighted by molar-refractivity contribution is 0.195. The highest BCUT2D eigenvalue weighted by Crippen LogP contribution is 2.34. The fraction of sp³-hybridized carbons (Fsp3) is 0.263. The second-order valence-corrected chi connectivity index (χ2v) is 6.79. The molecule has 3 aromatic rings. The molecule has 0 spiro atoms. The second kappa shape index (κ2) is 6.54. The number of hydrogen-bond acceptors (Lipinski definition) is 6. The van der Waals surface area contributed by atoms with Crippen LogP contribution in [-0.4, -0.2) is 52.0 Å². The van der Waals surface area contributed by atoms with Crippen LogP contribution in [0.25, 0.3) is 11.0 Å². The number of aliphatic imine (C=N–C) groups is 1. The highest BCUT2D eigenvalue weighted by molar-refractivity contribution is 5.98. The Kier molecular flexibility index (Phi) is 3.99. The molecule has 1 aromatic heterocycles. The fourth-order valence-corrected chi connectivity index (χ4v) is 3.73. The highest BCUT2D eigenvalue weighted by Gasteiger charge is 2.36. The van der Waals surface area contributed by atoms with Gasteiger partial charge < -0.3 is 10.4 Å². The number of para-hydroxylation sites is 2. The molecule has 2 aliphatic heterocycles. The minimum Gasteiger partial charge on any atom is -0.395 e. The van der Waals surface area contributed by atoms with Crippen LogP contribution in [-0.2, 0) is 0 Å². The third-order valence-electron chi connectivity index (χ3n) is 5.03. The Morgan fingerprint density at radius 2 is 2.04 bits per heavy atom. The number of anilines is 1. The molecule has 7 nitrogen and oxygen atoms in total. The molecule has 28 heavy (non-hydrogen) atoms. The van der Waals surface area contributed by atoms with Gasteiger partial charge in [-0.3, -0.25) is 14.4 Å². The van der Waals surface area contributed by atoms with Gasteiger partial charge in [-0.15, -0.1) is 0 Å². The van der Waals surface area contributed by atoms with Crippen molar-refractivity contribution >= 4 is 22.9 Å². The number of guanidine groups is 1. The molecular formula is C19H18F2N6O. The molecule has 144 valence electrons. The molecule has 3 heterocycles. The van der Waals surface area contributed by atoms with E-state index in [9.17, 15) is 13.9 Å². The summed E-state index contributed by atoms with van der Waals surface area (Å²) in [5, 5.41) is 12.5. The summed E-state index contributed by atoms with van der Waals surface area (Å²) < 4.78 is 30.0. The molecule has 5 rings (SSSR count). The molecular weight excluding hydrogens is 366 g/mol. The molecule has 1 atom stereocenters. The normalized spacial score (nSPS) is 19.2. The Morgan fingerprint density at radius 3 is 2.86 bits per heavy atom. The first-order chi connectivity index (χ1) is 13.7. The van der Waals surface area contributed by atoms with Crippen molar-refractivity contribution in [1.29, 1.82) is 0 Å². The van der Waals surface area contributed by atoms with Gasteiger partial charge in [-0.05, 0) is 24.3 Å². The lowest BCUT2D eigenvalue weighted by Gasteiger charge is -2.41. The van der Waals surface area contributed by atoms with Crippen LogP contribution in [0.5, 0.6) is 0 Å². The standard InChI is InChI=1S/C19H18F2N6O/c20-12-5-6-13(14(21)9-12)17-24-18-22-10-25(7-8-28)11-26(18)19-23-15-3-1-2-4-16(15)27(17)19/h1-6,9,17,28H,7-8,10-11H2,(H,22,24)/t17-/m1/s1. The van der Waals surface area contributed by atoms with Crippen LogP contribution in [0, 0.1) is 11.6 Å². The Morgan fingerprint density at radius 1 is 1.18 bits per heavy atom. The highest BCUT2D eigenvalue weighted by atomic mass is 19.1. The van der Waals surface area contributed by atoms with Gasteiger partial charge in [0.2, 0.25) is 11.9 Å². The zero-order valence-corrected chi connectivity index (χ0v) is 14.9. The number of hydrogen-bond donors (Lipinski definition) is 2. The van der Waals surface area contributed by atoms with E-state index in [1.807, 2.05) is 38.6 Å². The Labute approximate surface area is 159 Å². The van der Waals surface area contributed by atoms with Crippen molar-refractivity contribution in [2.75, 3.05) is 31.4 Å². The molecule has 0 aliphatic carbocycles. The first kappa shape index (κ1) is 17.1. The van der Waals surface area contributed by atoms with Crippen LogP contribution < -0.4 is 10.2 Å². The van der Waals surface area contributed by atoms with Crippen LogP contribution in [0.15, 0.2) is 47.5 Å². The minimum absolute atomic E-state index is 0.0337. The summed E-state index contributed by atoms with van der Waals surface area (Å²) in [5.74, 6) is -0.0576. The monoisotopic (exact) mass is 384 g/mol. The predicted molar refractivity (Wildman–Crippen MR) is 101 cm³/mol. The maximum atomic E-state index is 14.6. The van der Waals surface area contributed by atoms with Crippen LogP contribution in [0.3, 0.4) is 0 Å². The zero-order chi connectivity index (χ0) is 19.3. The van der Waals surface area contributed by atoms with E-state index in [-0.39, 0.29) is 6.61 Å². The van der Waals surface area contributed by atoms with Gasteiger partial charge in [0.05, 0.1) is 31.0 Å². The first-order valence-electron chi connectivity index (χ1n) is 8.99. The summed E-state index contributed by atoms with van der Waals surface area (Å²) in [6, 6.07) is 11.2. The third-order valence-corrected chi connectivity index (χ3v) is 5.03. The van der Waals surface area contributed by atoms with Crippen molar-refractivity contribution in [2.45, 2.75) is 6.17 Å². The quantitative estimate of drug-likeness (QED) is 0.721. The summed E-state index contributed by atoms with van der Waals surface area (Å²) in [6.07, 6.45) is -0.609. The predicted octanol–water partition coefficient (Wildman–Crippen LogP) is 1.85. The van der Waals surface area contributed by atoms with Crippen molar-refractivity contribution in [3.05, 3.63) is 59.7 Å². The Hall–Kier alpha value is -3.04. The van der Waals surface area contributed by atoms with Gasteiger partial charge in [-0.25, -0.2) is 18.8 Å². The smallest absolute Gasteiger partial charge is 0.216 e. The van der Waals surface area contributed by atoms with E-state index in [2.05, 4.69) is 10.3 Å². The second-order valence-electron chi connectivity index (χ2n) is 6.79. The summed E-state index contributed by atoms with van der Waals surface area (Å²) in [4.78, 5) is 13.2. The van der Waals surface area contributed by atoms with Gasteiger partial charge in [-0.1, -0.05) is 12.1 Å². The number of nitrogens with zero attached hydrogens (tertiary/aromatic N) is 5. The van der Waals surface area contributed by atoms with Gasteiger partial charge in [-0.2, -0.15) is 0 Å².